The standard InChI is InChI=1S/C28H33F3N4O5S2/c1-40-27-15-22(41-33-16-21(37)17-36)7-8-25(27)32-11-3-4-20-14-23-24(34-19-9-12-42(38,39)13-10-19)5-2-6-26(23)35(20)18-28(29,30)31/h2,5-8,14-15,19,21,32-34,36-37H,9-13,16-18H2,1H3. The lowest BCUT2D eigenvalue weighted by atomic mass is 10.1. The molecule has 3 aromatic rings. The summed E-state index contributed by atoms with van der Waals surface area (Å²) < 4.78 is 73.7. The second-order valence-electron chi connectivity index (χ2n) is 9.84. The molecular formula is C28H33F3N4O5S2. The van der Waals surface area contributed by atoms with Crippen molar-refractivity contribution in [1.82, 2.24) is 9.29 Å². The molecule has 5 N–H and O–H groups in total. The van der Waals surface area contributed by atoms with E-state index < -0.39 is 28.7 Å². The van der Waals surface area contributed by atoms with Crippen molar-refractivity contribution in [3.8, 4) is 17.6 Å². The Bertz CT molecular complexity index is 1540. The van der Waals surface area contributed by atoms with Gasteiger partial charge in [-0.25, -0.2) is 8.42 Å². The number of nitrogens with one attached hydrogen (secondary N) is 3. The summed E-state index contributed by atoms with van der Waals surface area (Å²) in [6, 6.07) is 12.0. The van der Waals surface area contributed by atoms with Crippen LogP contribution in [0.4, 0.5) is 24.5 Å². The zero-order chi connectivity index (χ0) is 30.3. The number of aliphatic hydroxyl groups excluding tert-OH is 2. The third-order valence-electron chi connectivity index (χ3n) is 6.67. The second-order valence-corrected chi connectivity index (χ2v) is 13.1. The van der Waals surface area contributed by atoms with Crippen LogP contribution in [0.5, 0.6) is 5.75 Å². The molecule has 2 heterocycles. The number of benzene rings is 2. The fraction of sp³-hybridized carbons (Fsp3) is 0.429. The number of aromatic nitrogens is 1. The van der Waals surface area contributed by atoms with Crippen LogP contribution in [-0.4, -0.2) is 79.8 Å². The number of methoxy groups -OCH3 is 1. The molecule has 0 radical (unpaired) electrons. The number of anilines is 2. The molecule has 1 aromatic heterocycles. The maximum atomic E-state index is 13.5. The van der Waals surface area contributed by atoms with E-state index in [1.165, 1.54) is 19.1 Å². The molecule has 1 unspecified atom stereocenters. The minimum atomic E-state index is -4.46. The van der Waals surface area contributed by atoms with Gasteiger partial charge in [0.05, 0.1) is 54.8 Å². The van der Waals surface area contributed by atoms with E-state index in [4.69, 9.17) is 9.84 Å². The monoisotopic (exact) mass is 626 g/mol. The molecule has 9 nitrogen and oxygen atoms in total. The summed E-state index contributed by atoms with van der Waals surface area (Å²) in [6.45, 7) is -1.20. The quantitative estimate of drug-likeness (QED) is 0.160. The molecule has 0 saturated carbocycles. The number of hydrogen-bond donors (Lipinski definition) is 5. The van der Waals surface area contributed by atoms with Crippen molar-refractivity contribution < 1.29 is 36.5 Å². The van der Waals surface area contributed by atoms with Gasteiger partial charge in [-0.15, -0.1) is 0 Å². The molecule has 1 aliphatic heterocycles. The molecule has 0 bridgehead atoms. The highest BCUT2D eigenvalue weighted by molar-refractivity contribution is 7.97. The van der Waals surface area contributed by atoms with Gasteiger partial charge in [-0.3, -0.25) is 4.72 Å². The van der Waals surface area contributed by atoms with E-state index in [1.54, 1.807) is 36.4 Å². The lowest BCUT2D eigenvalue weighted by Gasteiger charge is -2.24. The highest BCUT2D eigenvalue weighted by Crippen LogP contribution is 2.32. The fourth-order valence-corrected chi connectivity index (χ4v) is 6.79. The Morgan fingerprint density at radius 2 is 1.93 bits per heavy atom. The average Bonchev–Trinajstić information content (AvgIpc) is 3.29. The molecule has 14 heteroatoms. The average molecular weight is 627 g/mol. The van der Waals surface area contributed by atoms with Gasteiger partial charge in [-0.2, -0.15) is 13.2 Å². The van der Waals surface area contributed by atoms with E-state index in [0.717, 1.165) is 9.46 Å². The van der Waals surface area contributed by atoms with Crippen molar-refractivity contribution in [2.45, 2.75) is 42.6 Å². The van der Waals surface area contributed by atoms with Crippen LogP contribution in [0.15, 0.2) is 47.4 Å². The van der Waals surface area contributed by atoms with Crippen molar-refractivity contribution in [1.29, 1.82) is 0 Å². The minimum absolute atomic E-state index is 0.0808. The van der Waals surface area contributed by atoms with Crippen molar-refractivity contribution >= 4 is 44.1 Å². The largest absolute Gasteiger partial charge is 0.495 e. The van der Waals surface area contributed by atoms with Gasteiger partial charge in [0.1, 0.15) is 22.1 Å². The number of nitrogens with zero attached hydrogens (tertiary/aromatic N) is 1. The van der Waals surface area contributed by atoms with Crippen molar-refractivity contribution in [3.05, 3.63) is 48.2 Å². The number of halogens is 3. The molecule has 228 valence electrons. The van der Waals surface area contributed by atoms with Crippen LogP contribution < -0.4 is 20.1 Å². The first kappa shape index (κ1) is 31.8. The summed E-state index contributed by atoms with van der Waals surface area (Å²) >= 11 is 1.26. The van der Waals surface area contributed by atoms with Gasteiger partial charge < -0.3 is 30.2 Å². The van der Waals surface area contributed by atoms with E-state index in [9.17, 15) is 26.7 Å². The molecule has 1 saturated heterocycles. The summed E-state index contributed by atoms with van der Waals surface area (Å²) in [7, 11) is -1.53. The number of hydrogen-bond acceptors (Lipinski definition) is 9. The highest BCUT2D eigenvalue weighted by Gasteiger charge is 2.30. The maximum Gasteiger partial charge on any atom is 0.406 e. The summed E-state index contributed by atoms with van der Waals surface area (Å²) in [6.07, 6.45) is -4.45. The number of aliphatic hydroxyl groups is 2. The van der Waals surface area contributed by atoms with Gasteiger partial charge in [-0.05, 0) is 67.1 Å². The van der Waals surface area contributed by atoms with Crippen LogP contribution in [0.3, 0.4) is 0 Å². The molecule has 4 rings (SSSR count). The van der Waals surface area contributed by atoms with Crippen LogP contribution in [0.25, 0.3) is 10.9 Å². The second kappa shape index (κ2) is 13.9. The van der Waals surface area contributed by atoms with E-state index in [0.29, 0.717) is 40.9 Å². The molecule has 0 aliphatic carbocycles. The van der Waals surface area contributed by atoms with Gasteiger partial charge in [0, 0.05) is 28.6 Å². The Labute approximate surface area is 246 Å². The maximum absolute atomic E-state index is 13.5. The van der Waals surface area contributed by atoms with Gasteiger partial charge in [0.25, 0.3) is 0 Å². The first-order valence-electron chi connectivity index (χ1n) is 13.2. The Hall–Kier alpha value is -3.09. The van der Waals surface area contributed by atoms with Gasteiger partial charge in [0.2, 0.25) is 0 Å². The highest BCUT2D eigenvalue weighted by atomic mass is 32.2. The number of sulfone groups is 1. The van der Waals surface area contributed by atoms with E-state index in [-0.39, 0.29) is 42.9 Å². The molecule has 1 atom stereocenters. The molecular weight excluding hydrogens is 593 g/mol. The lowest BCUT2D eigenvalue weighted by molar-refractivity contribution is -0.140. The number of ether oxygens (including phenoxy) is 1. The Kier molecular flexibility index (Phi) is 10.6. The smallest absolute Gasteiger partial charge is 0.406 e. The van der Waals surface area contributed by atoms with Crippen molar-refractivity contribution in [3.63, 3.8) is 0 Å². The van der Waals surface area contributed by atoms with Crippen molar-refractivity contribution in [2.24, 2.45) is 0 Å². The SMILES string of the molecule is COc1cc(SNCC(O)CO)ccc1NCC#Cc1cc2c(NC3CCS(=O)(=O)CC3)cccc2n1CC(F)(F)F. The number of rotatable bonds is 11. The first-order valence-corrected chi connectivity index (χ1v) is 15.9. The third-order valence-corrected chi connectivity index (χ3v) is 9.19. The van der Waals surface area contributed by atoms with Crippen LogP contribution in [-0.2, 0) is 16.4 Å². The van der Waals surface area contributed by atoms with E-state index in [1.807, 2.05) is 6.07 Å². The molecule has 2 aromatic carbocycles. The van der Waals surface area contributed by atoms with Crippen LogP contribution in [0.1, 0.15) is 18.5 Å². The Balaban J connectivity index is 1.50. The van der Waals surface area contributed by atoms with E-state index >= 15 is 0 Å². The molecule has 0 spiro atoms. The molecule has 0 amide bonds. The zero-order valence-corrected chi connectivity index (χ0v) is 24.5. The van der Waals surface area contributed by atoms with Gasteiger partial charge in [0.15, 0.2) is 0 Å². The first-order chi connectivity index (χ1) is 20.0. The van der Waals surface area contributed by atoms with Crippen LogP contribution >= 0.6 is 11.9 Å². The molecule has 1 fully saturated rings. The topological polar surface area (TPSA) is 125 Å². The summed E-state index contributed by atoms with van der Waals surface area (Å²) in [5.74, 6) is 6.47. The third kappa shape index (κ3) is 8.71. The Morgan fingerprint density at radius 3 is 2.62 bits per heavy atom. The van der Waals surface area contributed by atoms with Gasteiger partial charge in [-0.1, -0.05) is 12.0 Å². The predicted octanol–water partition coefficient (Wildman–Crippen LogP) is 3.61. The number of fused-ring (bicyclic) bond motifs is 1. The number of alkyl halides is 3. The van der Waals surface area contributed by atoms with Gasteiger partial charge >= 0.3 is 6.18 Å². The molecule has 42 heavy (non-hydrogen) atoms. The zero-order valence-electron chi connectivity index (χ0n) is 22.9. The van der Waals surface area contributed by atoms with E-state index in [2.05, 4.69) is 27.2 Å². The summed E-state index contributed by atoms with van der Waals surface area (Å²) in [5.41, 5.74) is 1.87. The minimum Gasteiger partial charge on any atom is -0.495 e. The Morgan fingerprint density at radius 1 is 1.17 bits per heavy atom. The van der Waals surface area contributed by atoms with Crippen LogP contribution in [0, 0.1) is 11.8 Å². The van der Waals surface area contributed by atoms with Crippen LogP contribution in [0.2, 0.25) is 0 Å². The predicted molar refractivity (Wildman–Crippen MR) is 159 cm³/mol. The summed E-state index contributed by atoms with van der Waals surface area (Å²) in [4.78, 5) is 0.810. The molecule has 1 aliphatic rings. The van der Waals surface area contributed by atoms with Crippen molar-refractivity contribution in [2.75, 3.05) is 48.9 Å². The summed E-state index contributed by atoms with van der Waals surface area (Å²) in [5, 5.41) is 25.4. The fourth-order valence-electron chi connectivity index (χ4n) is 4.56. The lowest BCUT2D eigenvalue weighted by Crippen LogP contribution is -2.32. The normalized spacial score (nSPS) is 16.0.